The molecule has 0 unspecified atom stereocenters. The molecular weight excluding hydrogens is 379 g/mol. The number of carboxylic acids is 1. The van der Waals surface area contributed by atoms with Crippen LogP contribution >= 0.6 is 0 Å². The number of pyridine rings is 1. The number of carbonyl (C=O) groups is 1. The second-order valence-electron chi connectivity index (χ2n) is 5.60. The van der Waals surface area contributed by atoms with Crippen molar-refractivity contribution in [2.24, 2.45) is 0 Å². The number of nitrogens with zero attached hydrogens (tertiary/aromatic N) is 3. The van der Waals surface area contributed by atoms with E-state index in [1.54, 1.807) is 24.3 Å². The molecule has 0 radical (unpaired) electrons. The van der Waals surface area contributed by atoms with E-state index in [1.165, 1.54) is 6.07 Å². The molecule has 0 atom stereocenters. The van der Waals surface area contributed by atoms with Crippen molar-refractivity contribution in [3.63, 3.8) is 0 Å². The van der Waals surface area contributed by atoms with Gasteiger partial charge in [0.2, 0.25) is 11.7 Å². The van der Waals surface area contributed by atoms with Crippen LogP contribution < -0.4 is 4.74 Å². The minimum absolute atomic E-state index is 0.0789. The lowest BCUT2D eigenvalue weighted by Gasteiger charge is -2.08. The molecule has 0 fully saturated rings. The first kappa shape index (κ1) is 19.1. The lowest BCUT2D eigenvalue weighted by molar-refractivity contribution is -0.141. The Morgan fingerprint density at radius 2 is 1.82 bits per heavy atom. The fraction of sp³-hybridized carbons (Fsp3) is 0.111. The van der Waals surface area contributed by atoms with Gasteiger partial charge in [-0.2, -0.15) is 18.2 Å². The summed E-state index contributed by atoms with van der Waals surface area (Å²) in [5.74, 6) is -0.281. The topological polar surface area (TPSA) is 98.3 Å². The van der Waals surface area contributed by atoms with E-state index >= 15 is 0 Å². The number of alkyl halides is 3. The van der Waals surface area contributed by atoms with Crippen molar-refractivity contribution in [2.75, 3.05) is 0 Å². The first-order chi connectivity index (χ1) is 13.2. The molecule has 0 spiro atoms. The van der Waals surface area contributed by atoms with E-state index in [2.05, 4.69) is 21.7 Å². The van der Waals surface area contributed by atoms with Gasteiger partial charge in [-0.3, -0.25) is 0 Å². The summed E-state index contributed by atoms with van der Waals surface area (Å²) in [6.45, 7) is 3.39. The van der Waals surface area contributed by atoms with Crippen molar-refractivity contribution in [2.45, 2.75) is 12.6 Å². The summed E-state index contributed by atoms with van der Waals surface area (Å²) in [4.78, 5) is 18.2. The number of carboxylic acid groups (broad SMARTS) is 1. The minimum atomic E-state index is -4.51. The number of ether oxygens (including phenoxy) is 1. The van der Waals surface area contributed by atoms with Gasteiger partial charge in [-0.1, -0.05) is 11.7 Å². The highest BCUT2D eigenvalue weighted by Gasteiger charge is 2.32. The summed E-state index contributed by atoms with van der Waals surface area (Å²) < 4.78 is 48.0. The molecule has 0 aliphatic rings. The maximum Gasteiger partial charge on any atom is 0.433 e. The molecule has 144 valence electrons. The van der Waals surface area contributed by atoms with Gasteiger partial charge in [-0.05, 0) is 36.4 Å². The van der Waals surface area contributed by atoms with Crippen LogP contribution in [0.4, 0.5) is 13.2 Å². The van der Waals surface area contributed by atoms with E-state index in [0.29, 0.717) is 11.3 Å². The zero-order valence-electron chi connectivity index (χ0n) is 14.1. The van der Waals surface area contributed by atoms with Crippen LogP contribution in [0.15, 0.2) is 59.3 Å². The van der Waals surface area contributed by atoms with E-state index < -0.39 is 17.8 Å². The summed E-state index contributed by atoms with van der Waals surface area (Å²) >= 11 is 0. The highest BCUT2D eigenvalue weighted by Crippen LogP contribution is 2.30. The second kappa shape index (κ2) is 7.51. The summed E-state index contributed by atoms with van der Waals surface area (Å²) in [5, 5.41) is 12.6. The van der Waals surface area contributed by atoms with Crippen molar-refractivity contribution in [3.8, 4) is 22.9 Å². The van der Waals surface area contributed by atoms with Crippen LogP contribution in [0.5, 0.6) is 11.5 Å². The van der Waals surface area contributed by atoms with Crippen LogP contribution in [0, 0.1) is 0 Å². The van der Waals surface area contributed by atoms with Crippen molar-refractivity contribution < 1.29 is 32.3 Å². The van der Waals surface area contributed by atoms with Gasteiger partial charge in [-0.15, -0.1) is 0 Å². The Morgan fingerprint density at radius 3 is 2.39 bits per heavy atom. The maximum atomic E-state index is 12.5. The minimum Gasteiger partial charge on any atom is -0.478 e. The van der Waals surface area contributed by atoms with Gasteiger partial charge in [0.05, 0.1) is 12.6 Å². The zero-order chi connectivity index (χ0) is 20.3. The standard InChI is InChI=1S/C18H12F3N3O4/c1-10(17(25)26)8-15-23-16(24-28-15)11-2-4-12(5-3-11)27-13-6-7-14(22-9-13)18(19,20)21/h2-7,9H,1,8H2,(H,25,26). The maximum absolute atomic E-state index is 12.5. The Morgan fingerprint density at radius 1 is 1.14 bits per heavy atom. The van der Waals surface area contributed by atoms with Crippen LogP contribution in [0.1, 0.15) is 11.6 Å². The number of halogens is 3. The molecule has 2 aromatic heterocycles. The predicted molar refractivity (Wildman–Crippen MR) is 89.5 cm³/mol. The SMILES string of the molecule is C=C(Cc1nc(-c2ccc(Oc3ccc(C(F)(F)F)nc3)cc2)no1)C(=O)O. The molecule has 1 aromatic carbocycles. The van der Waals surface area contributed by atoms with Crippen molar-refractivity contribution >= 4 is 5.97 Å². The first-order valence-corrected chi connectivity index (χ1v) is 7.77. The van der Waals surface area contributed by atoms with Gasteiger partial charge in [0.1, 0.15) is 17.2 Å². The summed E-state index contributed by atoms with van der Waals surface area (Å²) in [7, 11) is 0. The molecule has 3 aromatic rings. The Kier molecular flexibility index (Phi) is 5.12. The molecule has 0 saturated carbocycles. The number of aliphatic carboxylic acids is 1. The van der Waals surface area contributed by atoms with Gasteiger partial charge < -0.3 is 14.4 Å². The van der Waals surface area contributed by atoms with Crippen LogP contribution in [-0.2, 0) is 17.4 Å². The normalized spacial score (nSPS) is 11.2. The van der Waals surface area contributed by atoms with E-state index in [-0.39, 0.29) is 29.5 Å². The highest BCUT2D eigenvalue weighted by atomic mass is 19.4. The Balaban J connectivity index is 1.68. The van der Waals surface area contributed by atoms with Crippen LogP contribution in [0.3, 0.4) is 0 Å². The van der Waals surface area contributed by atoms with Gasteiger partial charge in [0.25, 0.3) is 0 Å². The molecule has 2 heterocycles. The van der Waals surface area contributed by atoms with Crippen molar-refractivity contribution in [1.29, 1.82) is 0 Å². The average molecular weight is 391 g/mol. The lowest BCUT2D eigenvalue weighted by Crippen LogP contribution is -2.07. The summed E-state index contributed by atoms with van der Waals surface area (Å²) in [5.41, 5.74) is -0.508. The van der Waals surface area contributed by atoms with Crippen LogP contribution in [0.25, 0.3) is 11.4 Å². The van der Waals surface area contributed by atoms with Gasteiger partial charge in [-0.25, -0.2) is 9.78 Å². The van der Waals surface area contributed by atoms with Crippen molar-refractivity contribution in [3.05, 3.63) is 66.3 Å². The van der Waals surface area contributed by atoms with E-state index in [4.69, 9.17) is 14.4 Å². The third-order valence-electron chi connectivity index (χ3n) is 3.51. The Labute approximate surface area is 156 Å². The molecule has 0 aliphatic carbocycles. The molecule has 0 bridgehead atoms. The number of hydrogen-bond donors (Lipinski definition) is 1. The number of hydrogen-bond acceptors (Lipinski definition) is 6. The fourth-order valence-corrected chi connectivity index (χ4v) is 2.12. The van der Waals surface area contributed by atoms with Crippen LogP contribution in [0.2, 0.25) is 0 Å². The molecule has 0 saturated heterocycles. The fourth-order valence-electron chi connectivity index (χ4n) is 2.12. The van der Waals surface area contributed by atoms with Crippen molar-refractivity contribution in [1.82, 2.24) is 15.1 Å². The lowest BCUT2D eigenvalue weighted by atomic mass is 10.2. The molecule has 3 rings (SSSR count). The van der Waals surface area contributed by atoms with Crippen LogP contribution in [-0.4, -0.2) is 26.2 Å². The molecule has 10 heteroatoms. The third-order valence-corrected chi connectivity index (χ3v) is 3.51. The number of rotatable bonds is 6. The van der Waals surface area contributed by atoms with E-state index in [9.17, 15) is 18.0 Å². The number of benzene rings is 1. The number of aromatic nitrogens is 3. The largest absolute Gasteiger partial charge is 0.478 e. The van der Waals surface area contributed by atoms with Gasteiger partial charge in [0, 0.05) is 11.1 Å². The summed E-state index contributed by atoms with van der Waals surface area (Å²) in [6, 6.07) is 8.37. The third kappa shape index (κ3) is 4.53. The molecule has 28 heavy (non-hydrogen) atoms. The molecule has 7 nitrogen and oxygen atoms in total. The smallest absolute Gasteiger partial charge is 0.433 e. The molecular formula is C18H12F3N3O4. The average Bonchev–Trinajstić information content (AvgIpc) is 3.10. The highest BCUT2D eigenvalue weighted by molar-refractivity contribution is 5.86. The second-order valence-corrected chi connectivity index (χ2v) is 5.60. The monoisotopic (exact) mass is 391 g/mol. The molecule has 1 N–H and O–H groups in total. The predicted octanol–water partition coefficient (Wildman–Crippen LogP) is 4.13. The quantitative estimate of drug-likeness (QED) is 0.631. The first-order valence-electron chi connectivity index (χ1n) is 7.77. The van der Waals surface area contributed by atoms with Gasteiger partial charge >= 0.3 is 12.1 Å². The molecule has 0 aliphatic heterocycles. The van der Waals surface area contributed by atoms with E-state index in [0.717, 1.165) is 12.3 Å². The zero-order valence-corrected chi connectivity index (χ0v) is 14.1. The van der Waals surface area contributed by atoms with E-state index in [1.807, 2.05) is 0 Å². The van der Waals surface area contributed by atoms with Gasteiger partial charge in [0.15, 0.2) is 0 Å². The summed E-state index contributed by atoms with van der Waals surface area (Å²) in [6.07, 6.45) is -3.61. The Hall–Kier alpha value is -3.69. The Bertz CT molecular complexity index is 996. The molecule has 0 amide bonds.